The summed E-state index contributed by atoms with van der Waals surface area (Å²) >= 11 is 3.00. The van der Waals surface area contributed by atoms with Crippen molar-refractivity contribution in [1.82, 2.24) is 0 Å². The molecule has 0 aliphatic rings. The molecule has 20 heavy (non-hydrogen) atoms. The molecular weight excluding hydrogens is 336 g/mol. The van der Waals surface area contributed by atoms with Crippen LogP contribution in [0.5, 0.6) is 11.5 Å². The number of nitro benzene ring substituents is 1. The van der Waals surface area contributed by atoms with E-state index in [2.05, 4.69) is 15.9 Å². The molecule has 0 saturated carbocycles. The van der Waals surface area contributed by atoms with Crippen molar-refractivity contribution < 1.29 is 18.4 Å². The van der Waals surface area contributed by atoms with Gasteiger partial charge < -0.3 is 4.74 Å². The first-order valence-corrected chi connectivity index (χ1v) is 6.26. The van der Waals surface area contributed by atoms with Crippen LogP contribution in [0.2, 0.25) is 0 Å². The minimum Gasteiger partial charge on any atom is -0.447 e. The summed E-state index contributed by atoms with van der Waals surface area (Å²) in [5.41, 5.74) is 0.0793. The Balaban J connectivity index is 2.51. The topological polar surface area (TPSA) is 52.4 Å². The van der Waals surface area contributed by atoms with Gasteiger partial charge in [-0.05, 0) is 25.1 Å². The van der Waals surface area contributed by atoms with E-state index >= 15 is 0 Å². The monoisotopic (exact) mass is 343 g/mol. The Kier molecular flexibility index (Phi) is 3.99. The predicted octanol–water partition coefficient (Wildman–Crippen LogP) is 4.74. The normalized spacial score (nSPS) is 10.4. The Labute approximate surface area is 121 Å². The molecule has 0 aliphatic heterocycles. The van der Waals surface area contributed by atoms with E-state index < -0.39 is 22.3 Å². The Hall–Kier alpha value is -2.02. The lowest BCUT2D eigenvalue weighted by atomic mass is 10.2. The molecule has 0 bridgehead atoms. The fraction of sp³-hybridized carbons (Fsp3) is 0.0769. The van der Waals surface area contributed by atoms with Crippen LogP contribution in [0, 0.1) is 28.7 Å². The number of aryl methyl sites for hydroxylation is 1. The Morgan fingerprint density at radius 3 is 2.60 bits per heavy atom. The van der Waals surface area contributed by atoms with Crippen molar-refractivity contribution in [2.45, 2.75) is 6.92 Å². The van der Waals surface area contributed by atoms with Crippen LogP contribution in [0.3, 0.4) is 0 Å². The molecule has 0 atom stereocenters. The highest BCUT2D eigenvalue weighted by Gasteiger charge is 2.21. The summed E-state index contributed by atoms with van der Waals surface area (Å²) in [5, 5.41) is 11.0. The molecule has 0 N–H and O–H groups in total. The summed E-state index contributed by atoms with van der Waals surface area (Å²) in [6.45, 7) is 1.53. The summed E-state index contributed by atoms with van der Waals surface area (Å²) < 4.78 is 32.3. The lowest BCUT2D eigenvalue weighted by molar-refractivity contribution is -0.386. The zero-order chi connectivity index (χ0) is 14.9. The molecule has 2 aromatic carbocycles. The van der Waals surface area contributed by atoms with Gasteiger partial charge in [0.2, 0.25) is 11.6 Å². The van der Waals surface area contributed by atoms with Gasteiger partial charge in [-0.25, -0.2) is 4.39 Å². The van der Waals surface area contributed by atoms with Crippen LogP contribution in [0.4, 0.5) is 14.5 Å². The van der Waals surface area contributed by atoms with Gasteiger partial charge in [0.25, 0.3) is 0 Å². The Morgan fingerprint density at radius 2 is 1.95 bits per heavy atom. The molecule has 7 heteroatoms. The first kappa shape index (κ1) is 14.4. The molecule has 0 fully saturated rings. The van der Waals surface area contributed by atoms with Crippen molar-refractivity contribution in [3.05, 3.63) is 62.1 Å². The van der Waals surface area contributed by atoms with Crippen LogP contribution in [-0.2, 0) is 0 Å². The van der Waals surface area contributed by atoms with E-state index in [1.807, 2.05) is 0 Å². The van der Waals surface area contributed by atoms with Gasteiger partial charge in [0, 0.05) is 10.0 Å². The van der Waals surface area contributed by atoms with Crippen LogP contribution in [0.15, 0.2) is 34.8 Å². The Morgan fingerprint density at radius 1 is 1.25 bits per heavy atom. The second-order valence-corrected chi connectivity index (χ2v) is 4.90. The predicted molar refractivity (Wildman–Crippen MR) is 72.0 cm³/mol. The van der Waals surface area contributed by atoms with E-state index in [0.29, 0.717) is 5.56 Å². The first-order valence-electron chi connectivity index (χ1n) is 5.46. The summed E-state index contributed by atoms with van der Waals surface area (Å²) in [4.78, 5) is 10.4. The van der Waals surface area contributed by atoms with E-state index in [0.717, 1.165) is 6.07 Å². The quantitative estimate of drug-likeness (QED) is 0.459. The third-order valence-corrected chi connectivity index (χ3v) is 3.02. The lowest BCUT2D eigenvalue weighted by Crippen LogP contribution is -1.98. The van der Waals surface area contributed by atoms with Crippen molar-refractivity contribution in [2.24, 2.45) is 0 Å². The largest absolute Gasteiger partial charge is 0.447 e. The van der Waals surface area contributed by atoms with Crippen LogP contribution in [0.25, 0.3) is 0 Å². The molecule has 4 nitrogen and oxygen atoms in total. The minimum atomic E-state index is -1.20. The van der Waals surface area contributed by atoms with Crippen molar-refractivity contribution in [1.29, 1.82) is 0 Å². The molecular formula is C13H8BrF2NO3. The summed E-state index contributed by atoms with van der Waals surface area (Å²) in [7, 11) is 0. The lowest BCUT2D eigenvalue weighted by Gasteiger charge is -2.09. The number of hydrogen-bond donors (Lipinski definition) is 0. The van der Waals surface area contributed by atoms with Crippen LogP contribution in [0.1, 0.15) is 5.56 Å². The van der Waals surface area contributed by atoms with E-state index in [4.69, 9.17) is 4.74 Å². The second-order valence-electron chi connectivity index (χ2n) is 3.98. The van der Waals surface area contributed by atoms with Gasteiger partial charge in [0.05, 0.1) is 4.92 Å². The molecule has 0 amide bonds. The number of benzene rings is 2. The number of ether oxygens (including phenoxy) is 1. The van der Waals surface area contributed by atoms with E-state index in [1.165, 1.54) is 31.2 Å². The maximum Gasteiger partial charge on any atom is 0.314 e. The van der Waals surface area contributed by atoms with E-state index in [9.17, 15) is 18.9 Å². The van der Waals surface area contributed by atoms with Gasteiger partial charge in [-0.3, -0.25) is 10.1 Å². The molecule has 104 valence electrons. The van der Waals surface area contributed by atoms with Gasteiger partial charge in [0.1, 0.15) is 0 Å². The van der Waals surface area contributed by atoms with Crippen molar-refractivity contribution in [2.75, 3.05) is 0 Å². The van der Waals surface area contributed by atoms with Crippen LogP contribution >= 0.6 is 15.9 Å². The van der Waals surface area contributed by atoms with E-state index in [1.54, 1.807) is 0 Å². The minimum absolute atomic E-state index is 0.147. The molecule has 2 aromatic rings. The van der Waals surface area contributed by atoms with Gasteiger partial charge in [-0.15, -0.1) is 0 Å². The van der Waals surface area contributed by atoms with Crippen molar-refractivity contribution in [3.63, 3.8) is 0 Å². The maximum atomic E-state index is 13.6. The van der Waals surface area contributed by atoms with Crippen LogP contribution in [-0.4, -0.2) is 4.92 Å². The SMILES string of the molecule is Cc1cccc(Oc2cc(Br)cc(F)c2F)c1[N+](=O)[O-]. The Bertz CT molecular complexity index is 692. The highest BCUT2D eigenvalue weighted by molar-refractivity contribution is 9.10. The third kappa shape index (κ3) is 2.77. The molecule has 0 saturated heterocycles. The fourth-order valence-corrected chi connectivity index (χ4v) is 2.08. The molecule has 0 heterocycles. The fourth-order valence-electron chi connectivity index (χ4n) is 1.67. The summed E-state index contributed by atoms with van der Waals surface area (Å²) in [5.74, 6) is -2.88. The summed E-state index contributed by atoms with van der Waals surface area (Å²) in [6, 6.07) is 6.52. The highest BCUT2D eigenvalue weighted by atomic mass is 79.9. The van der Waals surface area contributed by atoms with Crippen molar-refractivity contribution >= 4 is 21.6 Å². The van der Waals surface area contributed by atoms with Crippen LogP contribution < -0.4 is 4.74 Å². The number of rotatable bonds is 3. The number of nitrogens with zero attached hydrogens (tertiary/aromatic N) is 1. The van der Waals surface area contributed by atoms with E-state index in [-0.39, 0.29) is 15.9 Å². The van der Waals surface area contributed by atoms with Crippen molar-refractivity contribution in [3.8, 4) is 11.5 Å². The molecule has 0 radical (unpaired) electrons. The zero-order valence-electron chi connectivity index (χ0n) is 10.2. The molecule has 0 aliphatic carbocycles. The molecule has 2 rings (SSSR count). The summed E-state index contributed by atoms with van der Waals surface area (Å²) in [6.07, 6.45) is 0. The number of halogens is 3. The average molecular weight is 344 g/mol. The van der Waals surface area contributed by atoms with Gasteiger partial charge in [-0.2, -0.15) is 4.39 Å². The first-order chi connectivity index (χ1) is 9.40. The van der Waals surface area contributed by atoms with Gasteiger partial charge >= 0.3 is 5.69 Å². The average Bonchev–Trinajstić information content (AvgIpc) is 2.35. The number of para-hydroxylation sites is 1. The van der Waals surface area contributed by atoms with Gasteiger partial charge in [-0.1, -0.05) is 28.1 Å². The maximum absolute atomic E-state index is 13.6. The molecule has 0 unspecified atom stereocenters. The molecule has 0 spiro atoms. The second kappa shape index (κ2) is 5.54. The number of nitro groups is 1. The molecule has 0 aromatic heterocycles. The number of hydrogen-bond acceptors (Lipinski definition) is 3. The smallest absolute Gasteiger partial charge is 0.314 e. The third-order valence-electron chi connectivity index (χ3n) is 2.56. The van der Waals surface area contributed by atoms with Gasteiger partial charge in [0.15, 0.2) is 11.6 Å². The standard InChI is InChI=1S/C13H8BrF2NO3/c1-7-3-2-4-10(13(7)17(18)19)20-11-6-8(14)5-9(15)12(11)16/h2-6H,1H3. The highest BCUT2D eigenvalue weighted by Crippen LogP contribution is 2.36. The zero-order valence-corrected chi connectivity index (χ0v) is 11.8.